The van der Waals surface area contributed by atoms with Gasteiger partial charge in [0.05, 0.1) is 132 Å². The molecule has 77 heavy (non-hydrogen) atoms. The van der Waals surface area contributed by atoms with E-state index in [0.29, 0.717) is 146 Å². The predicted molar refractivity (Wildman–Crippen MR) is 276 cm³/mol. The highest BCUT2D eigenvalue weighted by atomic mass is 19.1. The first-order chi connectivity index (χ1) is 37.6. The van der Waals surface area contributed by atoms with Crippen LogP contribution in [0.1, 0.15) is 58.0 Å². The van der Waals surface area contributed by atoms with Crippen molar-refractivity contribution in [1.29, 1.82) is 0 Å². The maximum absolute atomic E-state index is 15.4. The highest BCUT2D eigenvalue weighted by Crippen LogP contribution is 2.34. The van der Waals surface area contributed by atoms with Crippen molar-refractivity contribution in [3.63, 3.8) is 0 Å². The molecule has 21 nitrogen and oxygen atoms in total. The van der Waals surface area contributed by atoms with Gasteiger partial charge in [-0.1, -0.05) is 18.2 Å². The number of para-hydroxylation sites is 1. The minimum Gasteiger partial charge on any atom is -0.382 e. The van der Waals surface area contributed by atoms with Crippen molar-refractivity contribution in [2.75, 3.05) is 130 Å². The summed E-state index contributed by atoms with van der Waals surface area (Å²) in [5.41, 5.74) is 4.41. The summed E-state index contributed by atoms with van der Waals surface area (Å²) >= 11 is 0. The van der Waals surface area contributed by atoms with Gasteiger partial charge in [0, 0.05) is 80.8 Å². The second-order valence-electron chi connectivity index (χ2n) is 19.0. The number of hydrogen-bond acceptors (Lipinski definition) is 17. The second kappa shape index (κ2) is 27.1. The number of rotatable bonds is 27. The number of amides is 5. The zero-order valence-electron chi connectivity index (χ0n) is 42.9. The summed E-state index contributed by atoms with van der Waals surface area (Å²) in [6.45, 7) is 8.76. The zero-order chi connectivity index (χ0) is 53.5. The summed E-state index contributed by atoms with van der Waals surface area (Å²) in [4.78, 5) is 77.5. The molecule has 3 saturated heterocycles. The number of benzene rings is 3. The molecule has 0 radical (unpaired) electrons. The highest BCUT2D eigenvalue weighted by molar-refractivity contribution is 6.25. The van der Waals surface area contributed by atoms with E-state index in [1.165, 1.54) is 12.1 Å². The quantitative estimate of drug-likeness (QED) is 0.0504. The Morgan fingerprint density at radius 1 is 0.727 bits per heavy atom. The monoisotopic (exact) mass is 1070 g/mol. The van der Waals surface area contributed by atoms with Crippen LogP contribution in [0, 0.1) is 11.6 Å². The number of hydrogen-bond donors (Lipinski definition) is 3. The SMILES string of the molecule is O=C(CN1CCC(n2cc(-c3cnc4cccc(-c5cc(F)c(CN6CCOCC6)c(F)c5)c4n3)cn2)CC1)NCCOCCOCCOCCOCCOCCNc1cccc2c1C(=O)N(C1CCC(=O)NC1=O)C2=O. The topological polar surface area (TPSA) is 230 Å². The predicted octanol–water partition coefficient (Wildman–Crippen LogP) is 3.62. The average molecular weight is 1070 g/mol. The number of nitrogens with zero attached hydrogens (tertiary/aromatic N) is 7. The van der Waals surface area contributed by atoms with Gasteiger partial charge in [-0.25, -0.2) is 13.8 Å². The number of carbonyl (C=O) groups excluding carboxylic acids is 5. The lowest BCUT2D eigenvalue weighted by Gasteiger charge is -2.31. The van der Waals surface area contributed by atoms with Crippen molar-refractivity contribution in [2.45, 2.75) is 44.3 Å². The molecule has 2 aromatic heterocycles. The Balaban J connectivity index is 0.576. The summed E-state index contributed by atoms with van der Waals surface area (Å²) in [6, 6.07) is 12.2. The molecule has 23 heteroatoms. The summed E-state index contributed by atoms with van der Waals surface area (Å²) in [6.07, 6.45) is 7.16. The van der Waals surface area contributed by atoms with E-state index in [4.69, 9.17) is 33.4 Å². The van der Waals surface area contributed by atoms with Gasteiger partial charge < -0.3 is 39.1 Å². The Morgan fingerprint density at radius 2 is 1.38 bits per heavy atom. The molecule has 1 atom stereocenters. The van der Waals surface area contributed by atoms with Crippen LogP contribution in [0.3, 0.4) is 0 Å². The Bertz CT molecular complexity index is 2850. The Labute approximate surface area is 443 Å². The van der Waals surface area contributed by atoms with Crippen LogP contribution in [0.4, 0.5) is 14.5 Å². The molecule has 4 aliphatic heterocycles. The van der Waals surface area contributed by atoms with E-state index in [2.05, 4.69) is 30.9 Å². The van der Waals surface area contributed by atoms with Gasteiger partial charge in [-0.3, -0.25) is 53.7 Å². The molecular weight excluding hydrogens is 1000 g/mol. The van der Waals surface area contributed by atoms with Crippen molar-refractivity contribution in [3.8, 4) is 22.4 Å². The van der Waals surface area contributed by atoms with Gasteiger partial charge in [0.15, 0.2) is 0 Å². The molecule has 9 rings (SSSR count). The van der Waals surface area contributed by atoms with E-state index >= 15 is 8.78 Å². The molecule has 3 fully saturated rings. The van der Waals surface area contributed by atoms with Crippen LogP contribution < -0.4 is 16.0 Å². The van der Waals surface area contributed by atoms with Crippen LogP contribution >= 0.6 is 0 Å². The second-order valence-corrected chi connectivity index (χ2v) is 19.0. The molecule has 0 bridgehead atoms. The van der Waals surface area contributed by atoms with Crippen molar-refractivity contribution < 1.29 is 61.2 Å². The van der Waals surface area contributed by atoms with Gasteiger partial charge in [0.1, 0.15) is 17.7 Å². The van der Waals surface area contributed by atoms with E-state index < -0.39 is 41.3 Å². The maximum atomic E-state index is 15.4. The Hall–Kier alpha value is -6.70. The molecular formula is C54H64F2N10O11. The number of morpholine rings is 1. The largest absolute Gasteiger partial charge is 0.382 e. The van der Waals surface area contributed by atoms with Gasteiger partial charge >= 0.3 is 0 Å². The fourth-order valence-electron chi connectivity index (χ4n) is 9.73. The highest BCUT2D eigenvalue weighted by Gasteiger charge is 2.45. The lowest BCUT2D eigenvalue weighted by Crippen LogP contribution is -2.54. The first kappa shape index (κ1) is 55.1. The third kappa shape index (κ3) is 14.3. The van der Waals surface area contributed by atoms with E-state index in [1.54, 1.807) is 42.7 Å². The minimum absolute atomic E-state index is 0.0412. The molecule has 410 valence electrons. The van der Waals surface area contributed by atoms with Crippen LogP contribution in [-0.2, 0) is 49.3 Å². The molecule has 0 saturated carbocycles. The fourth-order valence-corrected chi connectivity index (χ4v) is 9.73. The first-order valence-electron chi connectivity index (χ1n) is 26.2. The van der Waals surface area contributed by atoms with E-state index in [-0.39, 0.29) is 48.0 Å². The zero-order valence-corrected chi connectivity index (χ0v) is 42.9. The summed E-state index contributed by atoms with van der Waals surface area (Å²) < 4.78 is 66.1. The number of aromatic nitrogens is 4. The number of carbonyl (C=O) groups is 5. The molecule has 5 aromatic rings. The fraction of sp³-hybridized carbons (Fsp3) is 0.481. The third-order valence-corrected chi connectivity index (χ3v) is 13.8. The summed E-state index contributed by atoms with van der Waals surface area (Å²) in [5, 5.41) is 12.9. The third-order valence-electron chi connectivity index (χ3n) is 13.8. The maximum Gasteiger partial charge on any atom is 0.264 e. The van der Waals surface area contributed by atoms with E-state index in [9.17, 15) is 24.0 Å². The molecule has 0 aliphatic carbocycles. The summed E-state index contributed by atoms with van der Waals surface area (Å²) in [7, 11) is 0. The number of halogens is 2. The molecule has 3 aromatic carbocycles. The van der Waals surface area contributed by atoms with Crippen molar-refractivity contribution in [2.24, 2.45) is 0 Å². The number of anilines is 1. The number of imide groups is 2. The van der Waals surface area contributed by atoms with E-state index in [0.717, 1.165) is 36.4 Å². The number of piperidine rings is 2. The molecule has 5 amide bonds. The van der Waals surface area contributed by atoms with Crippen molar-refractivity contribution in [3.05, 3.63) is 95.4 Å². The number of fused-ring (bicyclic) bond motifs is 2. The van der Waals surface area contributed by atoms with Gasteiger partial charge in [-0.2, -0.15) is 5.10 Å². The van der Waals surface area contributed by atoms with Gasteiger partial charge in [0.25, 0.3) is 11.8 Å². The van der Waals surface area contributed by atoms with Gasteiger partial charge in [0.2, 0.25) is 17.7 Å². The van der Waals surface area contributed by atoms with E-state index in [1.807, 2.05) is 21.8 Å². The van der Waals surface area contributed by atoms with Crippen LogP contribution in [0.2, 0.25) is 0 Å². The normalized spacial score (nSPS) is 17.6. The van der Waals surface area contributed by atoms with Gasteiger partial charge in [-0.15, -0.1) is 0 Å². The number of likely N-dealkylation sites (tertiary alicyclic amines) is 1. The molecule has 4 aliphatic rings. The Morgan fingerprint density at radius 3 is 2.06 bits per heavy atom. The number of nitrogens with one attached hydrogen (secondary N) is 3. The standard InChI is InChI=1S/C54H64F2N10O11/c55-42-29-36(30-43(56)41(42)34-64-15-19-74-20-16-64)39-3-1-6-45-51(39)61-46(32-59-45)37-31-60-65(33-37)38-9-13-63(14-10-38)35-49(68)58-12-18-73-22-24-76-26-28-77-27-25-75-23-21-72-17-11-57-44-5-2-4-40-50(44)54(71)66(53(40)70)47-7-8-48(67)62-52(47)69/h1-6,29-33,38,47,57H,7-28,34-35H2,(H,58,68)(H,62,67,69). The van der Waals surface area contributed by atoms with Crippen LogP contribution in [0.25, 0.3) is 33.4 Å². The lowest BCUT2D eigenvalue weighted by molar-refractivity contribution is -0.136. The molecule has 6 heterocycles. The van der Waals surface area contributed by atoms with Crippen LogP contribution in [0.15, 0.2) is 67.1 Å². The summed E-state index contributed by atoms with van der Waals surface area (Å²) in [5.74, 6) is -3.48. The van der Waals surface area contributed by atoms with Gasteiger partial charge in [-0.05, 0) is 55.2 Å². The molecule has 0 spiro atoms. The van der Waals surface area contributed by atoms with Crippen molar-refractivity contribution in [1.82, 2.24) is 45.1 Å². The lowest BCUT2D eigenvalue weighted by atomic mass is 10.0. The molecule has 3 N–H and O–H groups in total. The van der Waals surface area contributed by atoms with Crippen LogP contribution in [-0.4, -0.2) is 195 Å². The smallest absolute Gasteiger partial charge is 0.264 e. The Kier molecular flexibility index (Phi) is 19.4. The van der Waals surface area contributed by atoms with Crippen molar-refractivity contribution >= 4 is 46.3 Å². The first-order valence-corrected chi connectivity index (χ1v) is 26.2. The van der Waals surface area contributed by atoms with Crippen LogP contribution in [0.5, 0.6) is 0 Å². The minimum atomic E-state index is -1.03. The molecule has 1 unspecified atom stereocenters. The average Bonchev–Trinajstić information content (AvgIpc) is 4.06. The number of ether oxygens (including phenoxy) is 6.